The fourth-order valence-corrected chi connectivity index (χ4v) is 4.19. The van der Waals surface area contributed by atoms with Crippen LogP contribution >= 0.6 is 11.8 Å². The van der Waals surface area contributed by atoms with Crippen LogP contribution in [0.3, 0.4) is 0 Å². The zero-order chi connectivity index (χ0) is 15.5. The van der Waals surface area contributed by atoms with Crippen LogP contribution in [-0.2, 0) is 11.3 Å². The Bertz CT molecular complexity index is 511. The van der Waals surface area contributed by atoms with Gasteiger partial charge in [-0.15, -0.1) is 11.8 Å². The van der Waals surface area contributed by atoms with E-state index in [1.165, 1.54) is 12.4 Å². The van der Waals surface area contributed by atoms with E-state index in [2.05, 4.69) is 9.88 Å². The third kappa shape index (κ3) is 3.43. The second-order valence-corrected chi connectivity index (χ2v) is 6.94. The number of thioether (sulfide) groups is 1. The number of carbonyl (C=O) groups excluding carboxylic acids is 1. The molecule has 0 bridgehead atoms. The summed E-state index contributed by atoms with van der Waals surface area (Å²) in [6.45, 7) is 0.604. The van der Waals surface area contributed by atoms with Crippen LogP contribution in [0.25, 0.3) is 0 Å². The van der Waals surface area contributed by atoms with Gasteiger partial charge in [0.25, 0.3) is 0 Å². The molecule has 0 N–H and O–H groups in total. The average molecular weight is 330 g/mol. The summed E-state index contributed by atoms with van der Waals surface area (Å²) in [5.74, 6) is 1.70. The summed E-state index contributed by atoms with van der Waals surface area (Å²) >= 11 is 1.75. The first-order valence-electron chi connectivity index (χ1n) is 7.58. The molecule has 2 saturated heterocycles. The van der Waals surface area contributed by atoms with Crippen LogP contribution in [-0.4, -0.2) is 62.4 Å². The van der Waals surface area contributed by atoms with Crippen molar-refractivity contribution in [1.29, 1.82) is 0 Å². The van der Waals surface area contributed by atoms with Gasteiger partial charge in [-0.3, -0.25) is 14.3 Å². The summed E-state index contributed by atoms with van der Waals surface area (Å²) in [4.78, 5) is 20.3. The summed E-state index contributed by atoms with van der Waals surface area (Å²) in [5, 5.41) is 0.129. The summed E-state index contributed by atoms with van der Waals surface area (Å²) in [6.07, 6.45) is 4.81. The van der Waals surface area contributed by atoms with Gasteiger partial charge in [0, 0.05) is 38.6 Å². The molecule has 3 rings (SSSR count). The van der Waals surface area contributed by atoms with Gasteiger partial charge in [-0.25, -0.2) is 4.98 Å². The maximum atomic E-state index is 12.8. The molecule has 0 aliphatic carbocycles. The minimum absolute atomic E-state index is 0.129. The fourth-order valence-electron chi connectivity index (χ4n) is 2.95. The number of piperazine rings is 1. The molecule has 1 unspecified atom stereocenters. The molecule has 5 nitrogen and oxygen atoms in total. The summed E-state index contributed by atoms with van der Waals surface area (Å²) < 4.78 is 26.5. The van der Waals surface area contributed by atoms with Crippen molar-refractivity contribution in [2.75, 3.05) is 31.9 Å². The molecule has 3 heterocycles. The van der Waals surface area contributed by atoms with Crippen LogP contribution in [0.4, 0.5) is 8.78 Å². The fraction of sp³-hybridized carbons (Fsp3) is 0.714. The highest BCUT2D eigenvalue weighted by molar-refractivity contribution is 8.00. The SMILES string of the molecule is O=C(C1CCCS1)N1CCN(Cc2nccn2C(F)F)CC1. The Hall–Kier alpha value is -1.15. The summed E-state index contributed by atoms with van der Waals surface area (Å²) in [6, 6.07) is 0. The molecule has 2 aliphatic heterocycles. The molecule has 0 aromatic carbocycles. The Labute approximate surface area is 132 Å². The Morgan fingerprint density at radius 3 is 2.77 bits per heavy atom. The number of aromatic nitrogens is 2. The van der Waals surface area contributed by atoms with E-state index < -0.39 is 6.55 Å². The van der Waals surface area contributed by atoms with Crippen molar-refractivity contribution < 1.29 is 13.6 Å². The standard InChI is InChI=1S/C14H20F2N4OS/c15-14(16)20-4-3-17-12(20)10-18-5-7-19(8-6-18)13(21)11-2-1-9-22-11/h3-4,11,14H,1-2,5-10H2. The van der Waals surface area contributed by atoms with Crippen LogP contribution in [0.15, 0.2) is 12.4 Å². The molecule has 1 amide bonds. The van der Waals surface area contributed by atoms with Crippen molar-refractivity contribution in [2.45, 2.75) is 31.2 Å². The van der Waals surface area contributed by atoms with Gasteiger partial charge in [-0.05, 0) is 18.6 Å². The number of halogens is 2. The maximum Gasteiger partial charge on any atom is 0.319 e. The van der Waals surface area contributed by atoms with E-state index in [-0.39, 0.29) is 11.2 Å². The van der Waals surface area contributed by atoms with Crippen molar-refractivity contribution in [2.24, 2.45) is 0 Å². The number of hydrogen-bond acceptors (Lipinski definition) is 4. The first-order valence-corrected chi connectivity index (χ1v) is 8.62. The molecule has 2 fully saturated rings. The van der Waals surface area contributed by atoms with E-state index in [9.17, 15) is 13.6 Å². The highest BCUT2D eigenvalue weighted by atomic mass is 32.2. The van der Waals surface area contributed by atoms with E-state index in [0.717, 1.165) is 23.2 Å². The lowest BCUT2D eigenvalue weighted by Gasteiger charge is -2.35. The van der Waals surface area contributed by atoms with Crippen LogP contribution in [0.5, 0.6) is 0 Å². The first-order chi connectivity index (χ1) is 10.6. The highest BCUT2D eigenvalue weighted by Gasteiger charge is 2.30. The minimum atomic E-state index is -2.56. The van der Waals surface area contributed by atoms with Crippen molar-refractivity contribution >= 4 is 17.7 Å². The second kappa shape index (κ2) is 6.95. The quantitative estimate of drug-likeness (QED) is 0.844. The van der Waals surface area contributed by atoms with E-state index in [1.807, 2.05) is 4.90 Å². The molecule has 1 atom stereocenters. The Kier molecular flexibility index (Phi) is 4.97. The van der Waals surface area contributed by atoms with Gasteiger partial charge in [0.05, 0.1) is 11.8 Å². The minimum Gasteiger partial charge on any atom is -0.339 e. The van der Waals surface area contributed by atoms with Crippen molar-refractivity contribution in [3.05, 3.63) is 18.2 Å². The lowest BCUT2D eigenvalue weighted by molar-refractivity contribution is -0.132. The molecular weight excluding hydrogens is 310 g/mol. The zero-order valence-corrected chi connectivity index (χ0v) is 13.1. The molecule has 0 spiro atoms. The number of carbonyl (C=O) groups is 1. The second-order valence-electron chi connectivity index (χ2n) is 5.63. The predicted octanol–water partition coefficient (Wildman–Crippen LogP) is 1.82. The normalized spacial score (nSPS) is 23.4. The van der Waals surface area contributed by atoms with Gasteiger partial charge < -0.3 is 4.90 Å². The first kappa shape index (κ1) is 15.7. The molecule has 1 aromatic rings. The lowest BCUT2D eigenvalue weighted by atomic mass is 10.2. The van der Waals surface area contributed by atoms with Crippen molar-refractivity contribution in [3.8, 4) is 0 Å². The Morgan fingerprint density at radius 2 is 2.14 bits per heavy atom. The summed E-state index contributed by atoms with van der Waals surface area (Å²) in [5.41, 5.74) is 0. The monoisotopic (exact) mass is 330 g/mol. The average Bonchev–Trinajstić information content (AvgIpc) is 3.18. The number of alkyl halides is 2. The molecule has 122 valence electrons. The topological polar surface area (TPSA) is 41.4 Å². The van der Waals surface area contributed by atoms with Crippen LogP contribution in [0.2, 0.25) is 0 Å². The van der Waals surface area contributed by atoms with Crippen molar-refractivity contribution in [1.82, 2.24) is 19.4 Å². The molecule has 8 heteroatoms. The van der Waals surface area contributed by atoms with Crippen LogP contribution in [0, 0.1) is 0 Å². The van der Waals surface area contributed by atoms with E-state index in [1.54, 1.807) is 11.8 Å². The predicted molar refractivity (Wildman–Crippen MR) is 80.8 cm³/mol. The largest absolute Gasteiger partial charge is 0.339 e. The molecular formula is C14H20F2N4OS. The van der Waals surface area contributed by atoms with Gasteiger partial charge in [-0.1, -0.05) is 0 Å². The number of hydrogen-bond donors (Lipinski definition) is 0. The number of amides is 1. The number of nitrogens with zero attached hydrogens (tertiary/aromatic N) is 4. The van der Waals surface area contributed by atoms with E-state index in [4.69, 9.17) is 0 Å². The van der Waals surface area contributed by atoms with E-state index >= 15 is 0 Å². The van der Waals surface area contributed by atoms with Gasteiger partial charge in [0.1, 0.15) is 5.82 Å². The van der Waals surface area contributed by atoms with Gasteiger partial charge >= 0.3 is 6.55 Å². The smallest absolute Gasteiger partial charge is 0.319 e. The highest BCUT2D eigenvalue weighted by Crippen LogP contribution is 2.28. The third-order valence-corrected chi connectivity index (χ3v) is 5.58. The third-order valence-electron chi connectivity index (χ3n) is 4.21. The zero-order valence-electron chi connectivity index (χ0n) is 12.3. The van der Waals surface area contributed by atoms with E-state index in [0.29, 0.717) is 38.5 Å². The number of rotatable bonds is 4. The van der Waals surface area contributed by atoms with Gasteiger partial charge in [0.2, 0.25) is 5.91 Å². The lowest BCUT2D eigenvalue weighted by Crippen LogP contribution is -2.50. The molecule has 1 aromatic heterocycles. The van der Waals surface area contributed by atoms with Gasteiger partial charge in [-0.2, -0.15) is 8.78 Å². The molecule has 22 heavy (non-hydrogen) atoms. The Balaban J connectivity index is 1.51. The van der Waals surface area contributed by atoms with Crippen LogP contribution in [0.1, 0.15) is 25.2 Å². The molecule has 2 aliphatic rings. The maximum absolute atomic E-state index is 12.8. The molecule has 0 saturated carbocycles. The van der Waals surface area contributed by atoms with Crippen molar-refractivity contribution in [3.63, 3.8) is 0 Å². The molecule has 0 radical (unpaired) electrons. The number of imidazole rings is 1. The Morgan fingerprint density at radius 1 is 1.36 bits per heavy atom. The van der Waals surface area contributed by atoms with Crippen LogP contribution < -0.4 is 0 Å². The summed E-state index contributed by atoms with van der Waals surface area (Å²) in [7, 11) is 0. The van der Waals surface area contributed by atoms with Gasteiger partial charge in [0.15, 0.2) is 0 Å².